The number of carbonyl (C=O) groups excluding carboxylic acids is 1. The number of nitrogens with one attached hydrogen (secondary N) is 1. The molecule has 0 aliphatic heterocycles. The third kappa shape index (κ3) is 4.76. The van der Waals surface area contributed by atoms with Crippen molar-refractivity contribution in [1.82, 2.24) is 24.5 Å². The van der Waals surface area contributed by atoms with Crippen LogP contribution in [-0.2, 0) is 11.3 Å². The number of anilines is 1. The monoisotopic (exact) mass is 414 g/mol. The van der Waals surface area contributed by atoms with E-state index in [9.17, 15) is 26.7 Å². The number of aromatic nitrogens is 5. The highest BCUT2D eigenvalue weighted by atomic mass is 19.3. The van der Waals surface area contributed by atoms with Crippen LogP contribution in [0.5, 0.6) is 0 Å². The molecule has 1 unspecified atom stereocenters. The van der Waals surface area contributed by atoms with Crippen molar-refractivity contribution in [1.29, 1.82) is 0 Å². The Labute approximate surface area is 161 Å². The van der Waals surface area contributed by atoms with Gasteiger partial charge < -0.3 is 0 Å². The Morgan fingerprint density at radius 3 is 2.55 bits per heavy atom. The number of rotatable bonds is 7. The van der Waals surface area contributed by atoms with Crippen molar-refractivity contribution in [3.63, 3.8) is 0 Å². The van der Waals surface area contributed by atoms with Gasteiger partial charge >= 0.3 is 0 Å². The van der Waals surface area contributed by atoms with Gasteiger partial charge in [0.15, 0.2) is 0 Å². The third-order valence-corrected chi connectivity index (χ3v) is 3.98. The third-order valence-electron chi connectivity index (χ3n) is 3.98. The zero-order valence-electron chi connectivity index (χ0n) is 14.9. The fraction of sp³-hybridized carbons (Fsp3) is 0.294. The van der Waals surface area contributed by atoms with Crippen LogP contribution in [0, 0.1) is 5.82 Å². The van der Waals surface area contributed by atoms with E-state index < -0.39 is 42.0 Å². The SMILES string of the molecule is CC(C(=O)Nc1ncn(Cc2cccc(F)c2)n1)n1nc(C(F)F)cc1C(F)F. The van der Waals surface area contributed by atoms with E-state index in [1.807, 2.05) is 0 Å². The van der Waals surface area contributed by atoms with Crippen LogP contribution >= 0.6 is 0 Å². The molecule has 3 aromatic rings. The van der Waals surface area contributed by atoms with E-state index in [2.05, 4.69) is 20.5 Å². The van der Waals surface area contributed by atoms with Gasteiger partial charge in [0.2, 0.25) is 5.95 Å². The molecule has 12 heteroatoms. The van der Waals surface area contributed by atoms with E-state index in [0.717, 1.165) is 0 Å². The summed E-state index contributed by atoms with van der Waals surface area (Å²) in [6.07, 6.45) is -4.85. The highest BCUT2D eigenvalue weighted by Crippen LogP contribution is 2.27. The van der Waals surface area contributed by atoms with E-state index in [4.69, 9.17) is 0 Å². The van der Waals surface area contributed by atoms with Crippen LogP contribution < -0.4 is 5.32 Å². The normalized spacial score (nSPS) is 12.6. The standard InChI is InChI=1S/C17H15F5N6O/c1-9(28-13(15(21)22)6-12(25-28)14(19)20)16(29)24-17-23-8-27(26-17)7-10-3-2-4-11(18)5-10/h2-6,8-9,14-15H,7H2,1H3,(H,24,26,29). The topological polar surface area (TPSA) is 77.6 Å². The maximum atomic E-state index is 13.2. The van der Waals surface area contributed by atoms with E-state index in [0.29, 0.717) is 16.3 Å². The second kappa shape index (κ2) is 8.37. The predicted molar refractivity (Wildman–Crippen MR) is 91.0 cm³/mol. The van der Waals surface area contributed by atoms with Gasteiger partial charge in [0, 0.05) is 0 Å². The van der Waals surface area contributed by atoms with E-state index in [1.54, 1.807) is 6.07 Å². The molecule has 2 aromatic heterocycles. The minimum absolute atomic E-state index is 0.127. The molecule has 154 valence electrons. The molecule has 0 aliphatic carbocycles. The number of nitrogens with zero attached hydrogens (tertiary/aromatic N) is 5. The molecule has 0 saturated carbocycles. The molecule has 1 amide bonds. The smallest absolute Gasteiger partial charge is 0.282 e. The van der Waals surface area contributed by atoms with Gasteiger partial charge in [-0.1, -0.05) is 12.1 Å². The molecule has 1 atom stereocenters. The summed E-state index contributed by atoms with van der Waals surface area (Å²) in [7, 11) is 0. The summed E-state index contributed by atoms with van der Waals surface area (Å²) in [5, 5.41) is 9.72. The molecule has 7 nitrogen and oxygen atoms in total. The van der Waals surface area contributed by atoms with Crippen molar-refractivity contribution in [3.8, 4) is 0 Å². The number of benzene rings is 1. The molecule has 0 aliphatic rings. The zero-order chi connectivity index (χ0) is 21.1. The Bertz CT molecular complexity index is 1000. The largest absolute Gasteiger partial charge is 0.291 e. The van der Waals surface area contributed by atoms with Gasteiger partial charge in [-0.05, 0) is 30.7 Å². The molecule has 1 aromatic carbocycles. The van der Waals surface area contributed by atoms with Crippen molar-refractivity contribution >= 4 is 11.9 Å². The van der Waals surface area contributed by atoms with E-state index in [-0.39, 0.29) is 12.5 Å². The lowest BCUT2D eigenvalue weighted by atomic mass is 10.2. The number of halogens is 5. The van der Waals surface area contributed by atoms with E-state index in [1.165, 1.54) is 36.1 Å². The first-order chi connectivity index (χ1) is 13.7. The van der Waals surface area contributed by atoms with Crippen LogP contribution in [0.1, 0.15) is 42.8 Å². The molecule has 0 radical (unpaired) electrons. The number of carbonyl (C=O) groups is 1. The molecule has 0 fully saturated rings. The Kier molecular flexibility index (Phi) is 5.89. The summed E-state index contributed by atoms with van der Waals surface area (Å²) in [4.78, 5) is 16.2. The zero-order valence-corrected chi connectivity index (χ0v) is 14.9. The van der Waals surface area contributed by atoms with E-state index >= 15 is 0 Å². The summed E-state index contributed by atoms with van der Waals surface area (Å²) >= 11 is 0. The average Bonchev–Trinajstić information content (AvgIpc) is 3.28. The van der Waals surface area contributed by atoms with Gasteiger partial charge in [0.05, 0.1) is 6.54 Å². The molecular weight excluding hydrogens is 399 g/mol. The second-order valence-electron chi connectivity index (χ2n) is 6.10. The van der Waals surface area contributed by atoms with Crippen molar-refractivity contribution in [3.05, 3.63) is 59.4 Å². The molecule has 29 heavy (non-hydrogen) atoms. The first-order valence-corrected chi connectivity index (χ1v) is 8.35. The van der Waals surface area contributed by atoms with Crippen molar-refractivity contribution in [2.75, 3.05) is 5.32 Å². The van der Waals surface area contributed by atoms with Crippen molar-refractivity contribution < 1.29 is 26.7 Å². The van der Waals surface area contributed by atoms with Crippen LogP contribution in [0.3, 0.4) is 0 Å². The van der Waals surface area contributed by atoms with Crippen molar-refractivity contribution in [2.45, 2.75) is 32.4 Å². The molecule has 3 rings (SSSR count). The van der Waals surface area contributed by atoms with Gasteiger partial charge in [0.1, 0.15) is 29.6 Å². The Morgan fingerprint density at radius 1 is 1.14 bits per heavy atom. The minimum atomic E-state index is -3.09. The van der Waals surface area contributed by atoms with Gasteiger partial charge in [0.25, 0.3) is 18.8 Å². The average molecular weight is 414 g/mol. The number of hydrogen-bond donors (Lipinski definition) is 1. The summed E-state index contributed by atoms with van der Waals surface area (Å²) in [5.41, 5.74) is -1.04. The van der Waals surface area contributed by atoms with Crippen LogP contribution in [0.4, 0.5) is 27.9 Å². The van der Waals surface area contributed by atoms with Gasteiger partial charge in [-0.2, -0.15) is 5.10 Å². The second-order valence-corrected chi connectivity index (χ2v) is 6.10. The quantitative estimate of drug-likeness (QED) is 0.598. The molecular formula is C17H15F5N6O. The lowest BCUT2D eigenvalue weighted by molar-refractivity contribution is -0.119. The van der Waals surface area contributed by atoms with Gasteiger partial charge in [-0.3, -0.25) is 14.8 Å². The molecule has 0 bridgehead atoms. The first-order valence-electron chi connectivity index (χ1n) is 8.35. The number of amides is 1. The maximum absolute atomic E-state index is 13.2. The number of alkyl halides is 4. The van der Waals surface area contributed by atoms with Crippen LogP contribution in [0.2, 0.25) is 0 Å². The fourth-order valence-electron chi connectivity index (χ4n) is 2.58. The summed E-state index contributed by atoms with van der Waals surface area (Å²) < 4.78 is 66.9. The van der Waals surface area contributed by atoms with Crippen LogP contribution in [-0.4, -0.2) is 30.5 Å². The summed E-state index contributed by atoms with van der Waals surface area (Å²) in [6.45, 7) is 1.41. The minimum Gasteiger partial charge on any atom is -0.291 e. The molecule has 0 saturated heterocycles. The summed E-state index contributed by atoms with van der Waals surface area (Å²) in [5.74, 6) is -1.36. The Hall–Kier alpha value is -3.31. The van der Waals surface area contributed by atoms with Crippen LogP contribution in [0.15, 0.2) is 36.7 Å². The molecule has 1 N–H and O–H groups in total. The Morgan fingerprint density at radius 2 is 1.90 bits per heavy atom. The lowest BCUT2D eigenvalue weighted by Crippen LogP contribution is -2.26. The maximum Gasteiger partial charge on any atom is 0.282 e. The number of hydrogen-bond acceptors (Lipinski definition) is 4. The summed E-state index contributed by atoms with van der Waals surface area (Å²) in [6, 6.07) is 5.05. The molecule has 2 heterocycles. The highest BCUT2D eigenvalue weighted by Gasteiger charge is 2.27. The highest BCUT2D eigenvalue weighted by molar-refractivity contribution is 5.91. The Balaban J connectivity index is 1.71. The van der Waals surface area contributed by atoms with Crippen molar-refractivity contribution in [2.24, 2.45) is 0 Å². The lowest BCUT2D eigenvalue weighted by Gasteiger charge is -2.14. The van der Waals surface area contributed by atoms with Gasteiger partial charge in [-0.15, -0.1) is 5.10 Å². The fourth-order valence-corrected chi connectivity index (χ4v) is 2.58. The van der Waals surface area contributed by atoms with Crippen LogP contribution in [0.25, 0.3) is 0 Å². The first kappa shape index (κ1) is 20.4. The predicted octanol–water partition coefficient (Wildman–Crippen LogP) is 3.74. The van der Waals surface area contributed by atoms with Gasteiger partial charge in [-0.25, -0.2) is 31.6 Å². The molecule has 0 spiro atoms.